The van der Waals surface area contributed by atoms with E-state index in [4.69, 9.17) is 29.9 Å². The van der Waals surface area contributed by atoms with Crippen molar-refractivity contribution in [3.05, 3.63) is 93.0 Å². The zero-order valence-electron chi connectivity index (χ0n) is 28.3. The Kier molecular flexibility index (Phi) is 5.85. The largest absolute Gasteiger partial charge is 0.324 e. The number of nitrogens with zero attached hydrogens (tertiary/aromatic N) is 6. The van der Waals surface area contributed by atoms with Gasteiger partial charge in [-0.15, -0.1) is 0 Å². The molecule has 8 bridgehead atoms. The first-order valence-corrected chi connectivity index (χ1v) is 16.3. The molecule has 8 nitrogen and oxygen atoms in total. The lowest BCUT2D eigenvalue weighted by Gasteiger charge is -2.05. The summed E-state index contributed by atoms with van der Waals surface area (Å²) in [7, 11) is 0. The van der Waals surface area contributed by atoms with Gasteiger partial charge in [0.25, 0.3) is 0 Å². The van der Waals surface area contributed by atoms with Gasteiger partial charge < -0.3 is 9.97 Å². The normalized spacial score (nSPS) is 12.2. The molecule has 0 atom stereocenters. The van der Waals surface area contributed by atoms with Gasteiger partial charge in [0.1, 0.15) is 22.6 Å². The molecule has 0 aliphatic carbocycles. The molecule has 8 heteroatoms. The van der Waals surface area contributed by atoms with Crippen molar-refractivity contribution in [2.24, 2.45) is 0 Å². The smallest absolute Gasteiger partial charge is 0.164 e. The van der Waals surface area contributed by atoms with Gasteiger partial charge in [-0.05, 0) is 148 Å². The minimum Gasteiger partial charge on any atom is -0.324 e. The molecule has 0 fully saturated rings. The third-order valence-corrected chi connectivity index (χ3v) is 10.3. The van der Waals surface area contributed by atoms with Crippen LogP contribution in [0.3, 0.4) is 0 Å². The molecular weight excluding hydrogens is 592 g/mol. The van der Waals surface area contributed by atoms with Crippen LogP contribution < -0.4 is 0 Å². The van der Waals surface area contributed by atoms with Gasteiger partial charge in [0, 0.05) is 43.8 Å². The Morgan fingerprint density at radius 3 is 0.812 bits per heavy atom. The maximum atomic E-state index is 5.25. The molecule has 2 aliphatic rings. The summed E-state index contributed by atoms with van der Waals surface area (Å²) in [5.74, 6) is 2.40. The van der Waals surface area contributed by atoms with Crippen LogP contribution in [0.15, 0.2) is 48.5 Å². The summed E-state index contributed by atoms with van der Waals surface area (Å²) in [5.41, 5.74) is 16.1. The summed E-state index contributed by atoms with van der Waals surface area (Å²) in [6.07, 6.45) is 0. The topological polar surface area (TPSA) is 109 Å². The lowest BCUT2D eigenvalue weighted by molar-refractivity contribution is 1.16. The van der Waals surface area contributed by atoms with Crippen molar-refractivity contribution in [2.75, 3.05) is 0 Å². The van der Waals surface area contributed by atoms with E-state index in [9.17, 15) is 0 Å². The van der Waals surface area contributed by atoms with Crippen LogP contribution in [0, 0.1) is 55.4 Å². The molecule has 2 aliphatic heterocycles. The number of fused-ring (bicyclic) bond motifs is 20. The standard InChI is InChI=1S/C40H34N8/c1-17-9-25-26(10-18(17)2)34-41-33(25)45-35-27-11-19(3)20(4)12-28(27)37(42-35)47-39-31-15-23(7)24(8)16-32(31)40(44-39)48-38-30-14-22(6)21(5)13-29(30)36(43-38)46-34/h9-16H,1-8H3,(H2,41,42,43,44,45,46,47,48). The Morgan fingerprint density at radius 1 is 0.292 bits per heavy atom. The van der Waals surface area contributed by atoms with E-state index in [1.807, 2.05) is 0 Å². The third-order valence-electron chi connectivity index (χ3n) is 10.3. The summed E-state index contributed by atoms with van der Waals surface area (Å²) >= 11 is 0. The van der Waals surface area contributed by atoms with Crippen molar-refractivity contribution in [3.63, 3.8) is 0 Å². The zero-order valence-corrected chi connectivity index (χ0v) is 28.3. The first kappa shape index (κ1) is 28.5. The monoisotopic (exact) mass is 626 g/mol. The lowest BCUT2D eigenvalue weighted by atomic mass is 10.00. The first-order chi connectivity index (χ1) is 23.0. The number of aromatic nitrogens is 8. The Balaban J connectivity index is 1.52. The first-order valence-electron chi connectivity index (χ1n) is 16.3. The highest BCUT2D eigenvalue weighted by Crippen LogP contribution is 2.40. The van der Waals surface area contributed by atoms with Crippen LogP contribution in [-0.4, -0.2) is 39.9 Å². The molecule has 0 saturated carbocycles. The summed E-state index contributed by atoms with van der Waals surface area (Å²) < 4.78 is 0. The maximum Gasteiger partial charge on any atom is 0.164 e. The van der Waals surface area contributed by atoms with Crippen molar-refractivity contribution in [2.45, 2.75) is 55.4 Å². The number of aryl methyl sites for hydroxylation is 8. The van der Waals surface area contributed by atoms with Gasteiger partial charge in [-0.2, -0.15) is 0 Å². The second kappa shape index (κ2) is 9.87. The van der Waals surface area contributed by atoms with E-state index < -0.39 is 0 Å². The molecule has 3 aromatic heterocycles. The lowest BCUT2D eigenvalue weighted by Crippen LogP contribution is -1.89. The van der Waals surface area contributed by atoms with Gasteiger partial charge in [0.05, 0.1) is 0 Å². The van der Waals surface area contributed by atoms with Crippen LogP contribution in [0.1, 0.15) is 44.5 Å². The molecule has 5 heterocycles. The number of hydrogen-bond donors (Lipinski definition) is 2. The van der Waals surface area contributed by atoms with E-state index in [0.717, 1.165) is 55.1 Å². The zero-order chi connectivity index (χ0) is 33.2. The van der Waals surface area contributed by atoms with E-state index in [1.54, 1.807) is 0 Å². The quantitative estimate of drug-likeness (QED) is 0.174. The van der Waals surface area contributed by atoms with Crippen LogP contribution in [0.2, 0.25) is 0 Å². The fourth-order valence-corrected chi connectivity index (χ4v) is 6.84. The fraction of sp³-hybridized carbons (Fsp3) is 0.200. The molecular formula is C40H34N8. The maximum absolute atomic E-state index is 5.25. The highest BCUT2D eigenvalue weighted by atomic mass is 15.1. The predicted molar refractivity (Wildman–Crippen MR) is 194 cm³/mol. The average molecular weight is 627 g/mol. The van der Waals surface area contributed by atoms with E-state index in [1.165, 1.54) is 44.5 Å². The van der Waals surface area contributed by atoms with Crippen molar-refractivity contribution in [1.29, 1.82) is 0 Å². The molecule has 0 unspecified atom stereocenters. The van der Waals surface area contributed by atoms with E-state index >= 15 is 0 Å². The summed E-state index contributed by atoms with van der Waals surface area (Å²) in [4.78, 5) is 38.1. The van der Waals surface area contributed by atoms with Gasteiger partial charge in [-0.25, -0.2) is 29.9 Å². The molecule has 4 aromatic carbocycles. The number of aromatic amines is 2. The third kappa shape index (κ3) is 4.15. The van der Waals surface area contributed by atoms with Crippen LogP contribution >= 0.6 is 0 Å². The molecule has 0 spiro atoms. The molecule has 234 valence electrons. The van der Waals surface area contributed by atoms with Crippen molar-refractivity contribution < 1.29 is 0 Å². The van der Waals surface area contributed by atoms with E-state index in [2.05, 4.69) is 114 Å². The number of hydrogen-bond acceptors (Lipinski definition) is 6. The SMILES string of the molecule is Cc1cc2c(cc1C)-c1nc-2nc2nc(nc3[nH]c(nc4[nH]c(n1)c1cc(C)c(C)cc41)c1cc(C)c(C)cc31)-c1cc(C)c(C)cc1-2. The minimum absolute atomic E-state index is 0.592. The molecule has 0 amide bonds. The number of benzene rings is 4. The van der Waals surface area contributed by atoms with Crippen molar-refractivity contribution >= 4 is 44.1 Å². The van der Waals surface area contributed by atoms with Crippen LogP contribution in [0.25, 0.3) is 89.7 Å². The van der Waals surface area contributed by atoms with Crippen LogP contribution in [-0.2, 0) is 0 Å². The molecule has 0 saturated heterocycles. The van der Waals surface area contributed by atoms with Gasteiger partial charge in [0.2, 0.25) is 0 Å². The van der Waals surface area contributed by atoms with Crippen molar-refractivity contribution in [3.8, 4) is 45.6 Å². The second-order valence-electron chi connectivity index (χ2n) is 13.5. The molecule has 7 aromatic rings. The van der Waals surface area contributed by atoms with Crippen LogP contribution in [0.5, 0.6) is 0 Å². The van der Waals surface area contributed by atoms with Gasteiger partial charge in [-0.1, -0.05) is 0 Å². The van der Waals surface area contributed by atoms with E-state index in [0.29, 0.717) is 34.6 Å². The highest BCUT2D eigenvalue weighted by Gasteiger charge is 2.25. The summed E-state index contributed by atoms with van der Waals surface area (Å²) in [6, 6.07) is 17.4. The highest BCUT2D eigenvalue weighted by molar-refractivity contribution is 6.08. The molecule has 2 N–H and O–H groups in total. The average Bonchev–Trinajstić information content (AvgIpc) is 3.74. The number of rotatable bonds is 0. The molecule has 9 rings (SSSR count). The summed E-state index contributed by atoms with van der Waals surface area (Å²) in [5, 5.41) is 3.98. The van der Waals surface area contributed by atoms with Crippen LogP contribution in [0.4, 0.5) is 0 Å². The van der Waals surface area contributed by atoms with Gasteiger partial charge >= 0.3 is 0 Å². The summed E-state index contributed by atoms with van der Waals surface area (Å²) in [6.45, 7) is 17.0. The number of H-pyrrole nitrogens is 2. The van der Waals surface area contributed by atoms with E-state index in [-0.39, 0.29) is 0 Å². The Labute approximate surface area is 277 Å². The Bertz CT molecular complexity index is 2580. The Morgan fingerprint density at radius 2 is 0.521 bits per heavy atom. The second-order valence-corrected chi connectivity index (χ2v) is 13.5. The predicted octanol–water partition coefficient (Wildman–Crippen LogP) is 9.34. The molecule has 48 heavy (non-hydrogen) atoms. The molecule has 0 radical (unpaired) electrons. The van der Waals surface area contributed by atoms with Crippen molar-refractivity contribution in [1.82, 2.24) is 39.9 Å². The Hall–Kier alpha value is -5.76. The fourth-order valence-electron chi connectivity index (χ4n) is 6.84. The van der Waals surface area contributed by atoms with Gasteiger partial charge in [0.15, 0.2) is 23.3 Å². The van der Waals surface area contributed by atoms with Gasteiger partial charge in [-0.3, -0.25) is 0 Å². The minimum atomic E-state index is 0.592. The number of nitrogens with one attached hydrogen (secondary N) is 2.